The third-order valence-electron chi connectivity index (χ3n) is 2.32. The zero-order valence-electron chi connectivity index (χ0n) is 8.16. The van der Waals surface area contributed by atoms with Crippen LogP contribution in [0.1, 0.15) is 0 Å². The summed E-state index contributed by atoms with van der Waals surface area (Å²) in [4.78, 5) is 18.5. The number of carbonyl (C=O) groups excluding carboxylic acids is 1. The Hall–Kier alpha value is -1.21. The zero-order valence-corrected chi connectivity index (χ0v) is 9.73. The maximum atomic E-state index is 11.5. The molecule has 0 aromatic rings. The maximum Gasteiger partial charge on any atom is 0.351 e. The summed E-state index contributed by atoms with van der Waals surface area (Å²) in [5.74, 6) is -1.51. The van der Waals surface area contributed by atoms with Gasteiger partial charge in [0.1, 0.15) is 5.92 Å². The first-order chi connectivity index (χ1) is 7.23. The molecule has 1 aliphatic carbocycles. The molecule has 88 valence electrons. The van der Waals surface area contributed by atoms with Gasteiger partial charge in [-0.3, -0.25) is 14.9 Å². The van der Waals surface area contributed by atoms with Gasteiger partial charge in [-0.2, -0.15) is 0 Å². The van der Waals surface area contributed by atoms with Gasteiger partial charge < -0.3 is 0 Å². The number of nitro groups is 1. The van der Waals surface area contributed by atoms with E-state index in [1.807, 2.05) is 0 Å². The first-order valence-electron chi connectivity index (χ1n) is 4.13. The number of hydrogen-bond acceptors (Lipinski definition) is 5. The van der Waals surface area contributed by atoms with Crippen LogP contribution in [-0.4, -0.2) is 29.7 Å². The highest BCUT2D eigenvalue weighted by atomic mass is 35.5. The van der Waals surface area contributed by atoms with Crippen molar-refractivity contribution in [2.45, 2.75) is 4.87 Å². The molecule has 0 saturated heterocycles. The Balaban J connectivity index is 3.52. The lowest BCUT2D eigenvalue weighted by atomic mass is 9.96. The van der Waals surface area contributed by atoms with E-state index in [0.29, 0.717) is 6.26 Å². The molecule has 16 heavy (non-hydrogen) atoms. The van der Waals surface area contributed by atoms with Gasteiger partial charge in [0, 0.05) is 17.3 Å². The van der Waals surface area contributed by atoms with Crippen LogP contribution >= 0.6 is 11.6 Å². The predicted octanol–water partition coefficient (Wildman–Crippen LogP) is 0.512. The summed E-state index contributed by atoms with van der Waals surface area (Å²) in [7, 11) is -4.12. The van der Waals surface area contributed by atoms with Gasteiger partial charge in [-0.25, -0.2) is 8.42 Å². The number of halogens is 1. The van der Waals surface area contributed by atoms with E-state index >= 15 is 0 Å². The fourth-order valence-electron chi connectivity index (χ4n) is 1.51. The molecule has 0 bridgehead atoms. The average molecular weight is 266 g/mol. The highest BCUT2D eigenvalue weighted by Gasteiger charge is 2.59. The molecule has 0 amide bonds. The van der Waals surface area contributed by atoms with E-state index in [4.69, 9.17) is 11.6 Å². The second-order valence-corrected chi connectivity index (χ2v) is 5.88. The lowest BCUT2D eigenvalue weighted by Gasteiger charge is -2.26. The first-order valence-corrected chi connectivity index (χ1v) is 6.40. The summed E-state index contributed by atoms with van der Waals surface area (Å²) < 4.78 is 23.1. The third-order valence-corrected chi connectivity index (χ3v) is 4.28. The molecule has 1 rings (SSSR count). The van der Waals surface area contributed by atoms with Crippen LogP contribution in [0.3, 0.4) is 0 Å². The van der Waals surface area contributed by atoms with Crippen molar-refractivity contribution in [1.29, 1.82) is 0 Å². The molecule has 0 N–H and O–H groups in total. The van der Waals surface area contributed by atoms with Crippen LogP contribution in [0, 0.1) is 16.0 Å². The first kappa shape index (κ1) is 12.9. The minimum Gasteiger partial charge on any atom is -0.280 e. The molecule has 8 heteroatoms. The number of sulfone groups is 1. The molecule has 0 saturated carbocycles. The van der Waals surface area contributed by atoms with Crippen molar-refractivity contribution >= 4 is 26.7 Å². The van der Waals surface area contributed by atoms with Crippen LogP contribution in [-0.2, 0) is 14.6 Å². The second-order valence-electron chi connectivity index (χ2n) is 3.31. The van der Waals surface area contributed by atoms with Gasteiger partial charge in [0.15, 0.2) is 0 Å². The summed E-state index contributed by atoms with van der Waals surface area (Å²) >= 11 is 5.20. The lowest BCUT2D eigenvalue weighted by Crippen LogP contribution is -2.52. The Labute approximate surface area is 96.7 Å². The van der Waals surface area contributed by atoms with Crippen molar-refractivity contribution in [2.75, 3.05) is 6.26 Å². The third kappa shape index (κ3) is 1.76. The van der Waals surface area contributed by atoms with E-state index in [0.717, 1.165) is 12.2 Å². The Morgan fingerprint density at radius 3 is 2.38 bits per heavy atom. The van der Waals surface area contributed by atoms with Gasteiger partial charge in [0.05, 0.1) is 0 Å². The topological polar surface area (TPSA) is 94.3 Å². The van der Waals surface area contributed by atoms with Gasteiger partial charge in [0.25, 0.3) is 0 Å². The number of allylic oxidation sites excluding steroid dienone is 2. The summed E-state index contributed by atoms with van der Waals surface area (Å²) in [5.41, 5.74) is 0. The van der Waals surface area contributed by atoms with E-state index in [-0.39, 0.29) is 0 Å². The summed E-state index contributed by atoms with van der Waals surface area (Å²) in [6, 6.07) is 0. The van der Waals surface area contributed by atoms with Crippen LogP contribution in [0.25, 0.3) is 0 Å². The Bertz CT molecular complexity index is 495. The molecule has 0 fully saturated rings. The van der Waals surface area contributed by atoms with E-state index in [1.54, 1.807) is 0 Å². The highest BCUT2D eigenvalue weighted by Crippen LogP contribution is 2.34. The smallest absolute Gasteiger partial charge is 0.280 e. The summed E-state index contributed by atoms with van der Waals surface area (Å²) in [5, 5.41) is 9.89. The zero-order chi connectivity index (χ0) is 12.6. The molecule has 0 radical (unpaired) electrons. The van der Waals surface area contributed by atoms with Crippen LogP contribution < -0.4 is 0 Å². The molecule has 2 unspecified atom stereocenters. The fourth-order valence-corrected chi connectivity index (χ4v) is 3.06. The van der Waals surface area contributed by atoms with Crippen molar-refractivity contribution in [2.24, 2.45) is 5.92 Å². The summed E-state index contributed by atoms with van der Waals surface area (Å²) in [6.45, 7) is 0. The second kappa shape index (κ2) is 3.99. The number of hydrogen-bond donors (Lipinski definition) is 0. The van der Waals surface area contributed by atoms with Crippen LogP contribution in [0.15, 0.2) is 24.3 Å². The fraction of sp³-hybridized carbons (Fsp3) is 0.375. The molecular weight excluding hydrogens is 258 g/mol. The van der Waals surface area contributed by atoms with Gasteiger partial charge in [-0.05, 0) is 11.6 Å². The normalized spacial score (nSPS) is 29.0. The van der Waals surface area contributed by atoms with Gasteiger partial charge in [-0.15, -0.1) is 0 Å². The van der Waals surface area contributed by atoms with E-state index in [1.165, 1.54) is 12.2 Å². The van der Waals surface area contributed by atoms with E-state index in [9.17, 15) is 23.3 Å². The lowest BCUT2D eigenvalue weighted by molar-refractivity contribution is -0.531. The Morgan fingerprint density at radius 1 is 1.50 bits per heavy atom. The molecule has 0 aromatic heterocycles. The number of rotatable bonds is 3. The van der Waals surface area contributed by atoms with E-state index in [2.05, 4.69) is 0 Å². The van der Waals surface area contributed by atoms with E-state index < -0.39 is 30.8 Å². The molecule has 1 aliphatic rings. The number of nitrogens with zero attached hydrogens (tertiary/aromatic N) is 1. The van der Waals surface area contributed by atoms with Crippen molar-refractivity contribution < 1.29 is 18.1 Å². The average Bonchev–Trinajstić information content (AvgIpc) is 2.15. The monoisotopic (exact) mass is 265 g/mol. The minimum absolute atomic E-state index is 0.701. The summed E-state index contributed by atoms with van der Waals surface area (Å²) in [6.07, 6.45) is 5.23. The molecule has 0 aromatic carbocycles. The van der Waals surface area contributed by atoms with Crippen LogP contribution in [0.2, 0.25) is 0 Å². The predicted molar refractivity (Wildman–Crippen MR) is 57.2 cm³/mol. The van der Waals surface area contributed by atoms with Crippen molar-refractivity contribution in [3.63, 3.8) is 0 Å². The Kier molecular flexibility index (Phi) is 3.20. The maximum absolute atomic E-state index is 11.5. The van der Waals surface area contributed by atoms with Gasteiger partial charge in [-0.1, -0.05) is 18.2 Å². The van der Waals surface area contributed by atoms with Crippen LogP contribution in [0.4, 0.5) is 0 Å². The quantitative estimate of drug-likeness (QED) is 0.421. The molecule has 0 aliphatic heterocycles. The van der Waals surface area contributed by atoms with Crippen molar-refractivity contribution in [3.05, 3.63) is 34.4 Å². The van der Waals surface area contributed by atoms with Crippen molar-refractivity contribution in [3.8, 4) is 0 Å². The standard InChI is InChI=1S/C8H8ClNO5S/c1-16(14,15)8(10(12)13)5-3-2-4-6(8)7(9)11/h2-6H,1H3. The molecular formula is C8H8ClNO5S. The molecule has 0 spiro atoms. The van der Waals surface area contributed by atoms with Crippen molar-refractivity contribution in [1.82, 2.24) is 0 Å². The largest absolute Gasteiger partial charge is 0.351 e. The van der Waals surface area contributed by atoms with Gasteiger partial charge in [0.2, 0.25) is 15.1 Å². The minimum atomic E-state index is -4.12. The molecule has 6 nitrogen and oxygen atoms in total. The molecule has 2 atom stereocenters. The number of carbonyl (C=O) groups is 1. The van der Waals surface area contributed by atoms with Crippen LogP contribution in [0.5, 0.6) is 0 Å². The Morgan fingerprint density at radius 2 is 2.06 bits per heavy atom. The molecule has 0 heterocycles. The highest BCUT2D eigenvalue weighted by molar-refractivity contribution is 7.92. The SMILES string of the molecule is CS(=O)(=O)C1([N+](=O)[O-])C=CC=CC1C(=O)Cl. The van der Waals surface area contributed by atoms with Gasteiger partial charge >= 0.3 is 4.87 Å².